The Morgan fingerprint density at radius 1 is 1.16 bits per heavy atom. The number of carbonyl (C=O) groups is 2. The average Bonchev–Trinajstić information content (AvgIpc) is 2.77. The Morgan fingerprint density at radius 2 is 1.84 bits per heavy atom. The van der Waals surface area contributed by atoms with Crippen LogP contribution in [0.3, 0.4) is 0 Å². The summed E-state index contributed by atoms with van der Waals surface area (Å²) < 4.78 is 6.03. The maximum atomic E-state index is 12.1. The number of ether oxygens (including phenoxy) is 1. The Kier molecular flexibility index (Phi) is 12.2. The van der Waals surface area contributed by atoms with Gasteiger partial charge in [-0.25, -0.2) is 0 Å². The number of carbonyl (C=O) groups excluding carboxylic acids is 2. The quantitative estimate of drug-likeness (QED) is 0.297. The van der Waals surface area contributed by atoms with Crippen LogP contribution in [0.25, 0.3) is 0 Å². The number of hydrogen-bond acceptors (Lipinski definition) is 9. The summed E-state index contributed by atoms with van der Waals surface area (Å²) in [6.07, 6.45) is -0.122. The van der Waals surface area contributed by atoms with Crippen LogP contribution in [-0.2, 0) is 20.9 Å². The van der Waals surface area contributed by atoms with Crippen molar-refractivity contribution >= 4 is 79.1 Å². The predicted molar refractivity (Wildman–Crippen MR) is 137 cm³/mol. The molecule has 0 spiro atoms. The minimum atomic E-state index is -0.199. The summed E-state index contributed by atoms with van der Waals surface area (Å²) in [7, 11) is 1.53. The molecule has 1 aliphatic heterocycles. The van der Waals surface area contributed by atoms with E-state index in [1.807, 2.05) is 12.1 Å². The van der Waals surface area contributed by atoms with E-state index >= 15 is 0 Å². The number of thioether (sulfide) groups is 3. The SMILES string of the molecule is CNC(=O)CSC(=N)SC(=N)SCC(=O)NC[C@H]1CN(Cc2ccc(Cl)c(Cl)c2)CCO1. The largest absolute Gasteiger partial charge is 0.374 e. The lowest BCUT2D eigenvalue weighted by atomic mass is 10.2. The molecule has 8 nitrogen and oxygen atoms in total. The molecule has 0 aromatic heterocycles. The van der Waals surface area contributed by atoms with Crippen LogP contribution in [0.2, 0.25) is 10.0 Å². The van der Waals surface area contributed by atoms with Gasteiger partial charge in [0.25, 0.3) is 0 Å². The van der Waals surface area contributed by atoms with Crippen LogP contribution >= 0.6 is 58.5 Å². The van der Waals surface area contributed by atoms with Gasteiger partial charge in [0.05, 0.1) is 34.3 Å². The highest BCUT2D eigenvalue weighted by atomic mass is 35.5. The first-order valence-corrected chi connectivity index (χ1v) is 13.2. The van der Waals surface area contributed by atoms with E-state index in [0.29, 0.717) is 29.7 Å². The van der Waals surface area contributed by atoms with Crippen molar-refractivity contribution in [3.05, 3.63) is 33.8 Å². The Bertz CT molecular complexity index is 846. The second-order valence-electron chi connectivity index (χ2n) is 6.71. The summed E-state index contributed by atoms with van der Waals surface area (Å²) >= 11 is 15.1. The molecule has 0 saturated carbocycles. The molecule has 1 aromatic rings. The van der Waals surface area contributed by atoms with Crippen molar-refractivity contribution in [1.29, 1.82) is 10.8 Å². The Labute approximate surface area is 210 Å². The zero-order chi connectivity index (χ0) is 23.5. The molecule has 1 atom stereocenters. The Balaban J connectivity index is 1.65. The molecule has 0 aliphatic carbocycles. The van der Waals surface area contributed by atoms with Crippen LogP contribution in [0.15, 0.2) is 18.2 Å². The van der Waals surface area contributed by atoms with E-state index in [0.717, 1.165) is 53.9 Å². The maximum Gasteiger partial charge on any atom is 0.230 e. The monoisotopic (exact) mass is 537 g/mol. The summed E-state index contributed by atoms with van der Waals surface area (Å²) in [4.78, 5) is 25.5. The summed E-state index contributed by atoms with van der Waals surface area (Å²) in [5.41, 5.74) is 1.07. The van der Waals surface area contributed by atoms with Gasteiger partial charge in [0.15, 0.2) is 0 Å². The average molecular weight is 539 g/mol. The standard InChI is InChI=1S/C19H25Cl2N5O3S3/c1-24-16(27)10-30-18(22)32-19(23)31-11-17(28)25-7-13-9-26(4-5-29-13)8-12-2-3-14(20)15(21)6-12/h2-3,6,13,22-23H,4-5,7-11H2,1H3,(H,24,27)(H,25,28)/t13-/m0/s1. The van der Waals surface area contributed by atoms with Crippen molar-refractivity contribution < 1.29 is 14.3 Å². The molecule has 1 saturated heterocycles. The van der Waals surface area contributed by atoms with E-state index < -0.39 is 0 Å². The highest BCUT2D eigenvalue weighted by Gasteiger charge is 2.21. The molecule has 1 aromatic carbocycles. The fourth-order valence-electron chi connectivity index (χ4n) is 2.70. The molecule has 2 amide bonds. The van der Waals surface area contributed by atoms with E-state index in [-0.39, 0.29) is 38.2 Å². The molecule has 1 fully saturated rings. The lowest BCUT2D eigenvalue weighted by Crippen LogP contribution is -2.47. The van der Waals surface area contributed by atoms with E-state index in [1.165, 1.54) is 7.05 Å². The number of halogens is 2. The zero-order valence-corrected chi connectivity index (χ0v) is 21.4. The highest BCUT2D eigenvalue weighted by molar-refractivity contribution is 8.53. The van der Waals surface area contributed by atoms with Gasteiger partial charge in [-0.2, -0.15) is 0 Å². The molecule has 1 heterocycles. The molecule has 4 N–H and O–H groups in total. The van der Waals surface area contributed by atoms with Gasteiger partial charge in [-0.1, -0.05) is 52.8 Å². The van der Waals surface area contributed by atoms with E-state index in [1.54, 1.807) is 6.07 Å². The van der Waals surface area contributed by atoms with Gasteiger partial charge < -0.3 is 15.4 Å². The van der Waals surface area contributed by atoms with Crippen molar-refractivity contribution in [3.63, 3.8) is 0 Å². The molecule has 13 heteroatoms. The van der Waals surface area contributed by atoms with Crippen LogP contribution < -0.4 is 10.6 Å². The molecule has 32 heavy (non-hydrogen) atoms. The van der Waals surface area contributed by atoms with Gasteiger partial charge in [-0.05, 0) is 29.5 Å². The van der Waals surface area contributed by atoms with Crippen LogP contribution in [0.5, 0.6) is 0 Å². The number of rotatable bonds is 8. The minimum absolute atomic E-state index is 0.0823. The number of nitrogens with one attached hydrogen (secondary N) is 4. The van der Waals surface area contributed by atoms with Crippen molar-refractivity contribution in [2.45, 2.75) is 12.6 Å². The first-order chi connectivity index (χ1) is 15.3. The van der Waals surface area contributed by atoms with Crippen molar-refractivity contribution in [1.82, 2.24) is 15.5 Å². The highest BCUT2D eigenvalue weighted by Crippen LogP contribution is 2.24. The van der Waals surface area contributed by atoms with Crippen LogP contribution in [0.1, 0.15) is 5.56 Å². The van der Waals surface area contributed by atoms with Crippen LogP contribution in [-0.4, -0.2) is 76.4 Å². The Morgan fingerprint density at radius 3 is 2.50 bits per heavy atom. The molecule has 0 bridgehead atoms. The normalized spacial score (nSPS) is 16.4. The molecule has 0 unspecified atom stereocenters. The molecular formula is C19H25Cl2N5O3S3. The molecular weight excluding hydrogens is 513 g/mol. The van der Waals surface area contributed by atoms with Gasteiger partial charge in [-0.15, -0.1) is 0 Å². The molecule has 176 valence electrons. The fraction of sp³-hybridized carbons (Fsp3) is 0.474. The lowest BCUT2D eigenvalue weighted by molar-refractivity contribution is -0.120. The number of hydrogen-bond donors (Lipinski definition) is 4. The van der Waals surface area contributed by atoms with Gasteiger partial charge in [0.1, 0.15) is 8.75 Å². The van der Waals surface area contributed by atoms with Crippen LogP contribution in [0, 0.1) is 10.8 Å². The van der Waals surface area contributed by atoms with Crippen LogP contribution in [0.4, 0.5) is 0 Å². The molecule has 2 rings (SSSR count). The molecule has 1 aliphatic rings. The number of morpholine rings is 1. The summed E-state index contributed by atoms with van der Waals surface area (Å²) in [6, 6.07) is 5.59. The zero-order valence-electron chi connectivity index (χ0n) is 17.4. The van der Waals surface area contributed by atoms with Crippen molar-refractivity contribution in [2.24, 2.45) is 0 Å². The third-order valence-electron chi connectivity index (χ3n) is 4.27. The minimum Gasteiger partial charge on any atom is -0.374 e. The molecule has 0 radical (unpaired) electrons. The summed E-state index contributed by atoms with van der Waals surface area (Å²) in [5, 5.41) is 22.0. The van der Waals surface area contributed by atoms with Gasteiger partial charge in [-0.3, -0.25) is 25.3 Å². The summed E-state index contributed by atoms with van der Waals surface area (Å²) in [6.45, 7) is 3.15. The van der Waals surface area contributed by atoms with E-state index in [2.05, 4.69) is 15.5 Å². The van der Waals surface area contributed by atoms with Gasteiger partial charge in [0.2, 0.25) is 11.8 Å². The van der Waals surface area contributed by atoms with Crippen molar-refractivity contribution in [2.75, 3.05) is 44.8 Å². The summed E-state index contributed by atoms with van der Waals surface area (Å²) in [5.74, 6) is -0.169. The second kappa shape index (κ2) is 14.3. The third kappa shape index (κ3) is 10.3. The first kappa shape index (κ1) is 27.3. The number of amides is 2. The van der Waals surface area contributed by atoms with Gasteiger partial charge >= 0.3 is 0 Å². The first-order valence-electron chi connectivity index (χ1n) is 9.62. The Hall–Kier alpha value is -0.950. The van der Waals surface area contributed by atoms with E-state index in [9.17, 15) is 9.59 Å². The second-order valence-corrected chi connectivity index (χ2v) is 11.0. The van der Waals surface area contributed by atoms with E-state index in [4.69, 9.17) is 38.8 Å². The van der Waals surface area contributed by atoms with Crippen molar-refractivity contribution in [3.8, 4) is 0 Å². The number of nitrogens with zero attached hydrogens (tertiary/aromatic N) is 1. The van der Waals surface area contributed by atoms with Gasteiger partial charge in [0, 0.05) is 33.2 Å². The predicted octanol–water partition coefficient (Wildman–Crippen LogP) is 3.13. The lowest BCUT2D eigenvalue weighted by Gasteiger charge is -2.33. The maximum absolute atomic E-state index is 12.1. The third-order valence-corrected chi connectivity index (χ3v) is 7.93. The smallest absolute Gasteiger partial charge is 0.230 e. The topological polar surface area (TPSA) is 118 Å². The fourth-order valence-corrected chi connectivity index (χ4v) is 5.44. The number of benzene rings is 1.